The Morgan fingerprint density at radius 3 is 2.58 bits per heavy atom. The summed E-state index contributed by atoms with van der Waals surface area (Å²) in [5.41, 5.74) is 7.88. The van der Waals surface area contributed by atoms with Crippen molar-refractivity contribution in [2.24, 2.45) is 11.7 Å². The summed E-state index contributed by atoms with van der Waals surface area (Å²) in [5, 5.41) is 0. The Morgan fingerprint density at radius 1 is 1.15 bits per heavy atom. The largest absolute Gasteiger partial charge is 0.343 e. The monoisotopic (exact) mass is 378 g/mol. The molecule has 2 fully saturated rings. The lowest BCUT2D eigenvalue weighted by atomic mass is 9.98. The van der Waals surface area contributed by atoms with Gasteiger partial charge in [-0.1, -0.05) is 18.6 Å². The summed E-state index contributed by atoms with van der Waals surface area (Å²) in [6, 6.07) is 8.13. The molecule has 2 aromatic rings. The summed E-state index contributed by atoms with van der Waals surface area (Å²) in [5.74, 6) is 0.577. The third-order valence-corrected chi connectivity index (χ3v) is 5.96. The van der Waals surface area contributed by atoms with Crippen LogP contribution in [0.5, 0.6) is 0 Å². The third kappa shape index (κ3) is 3.53. The summed E-state index contributed by atoms with van der Waals surface area (Å²) in [4.78, 5) is 29.8. The number of para-hydroxylation sites is 2. The minimum absolute atomic E-state index is 0. The maximum atomic E-state index is 12.6. The van der Waals surface area contributed by atoms with Crippen LogP contribution in [0, 0.1) is 5.92 Å². The van der Waals surface area contributed by atoms with Crippen LogP contribution in [0.4, 0.5) is 0 Å². The fraction of sp³-hybridized carbons (Fsp3) is 0.579. The Bertz CT molecular complexity index is 822. The van der Waals surface area contributed by atoms with Crippen molar-refractivity contribution in [2.75, 3.05) is 13.1 Å². The van der Waals surface area contributed by atoms with E-state index in [0.29, 0.717) is 12.3 Å². The molecule has 4 rings (SSSR count). The number of hydrogen-bond donors (Lipinski definition) is 2. The fourth-order valence-electron chi connectivity index (χ4n) is 4.48. The molecule has 2 aliphatic rings. The summed E-state index contributed by atoms with van der Waals surface area (Å²) in [6.07, 6.45) is 5.50. The first kappa shape index (κ1) is 19.0. The molecule has 0 spiro atoms. The second-order valence-electron chi connectivity index (χ2n) is 7.49. The van der Waals surface area contributed by atoms with Crippen molar-refractivity contribution in [2.45, 2.75) is 50.6 Å². The van der Waals surface area contributed by atoms with Gasteiger partial charge in [0, 0.05) is 31.6 Å². The smallest absolute Gasteiger partial charge is 0.326 e. The number of amides is 1. The number of aromatic nitrogens is 2. The van der Waals surface area contributed by atoms with E-state index in [2.05, 4.69) is 4.98 Å². The van der Waals surface area contributed by atoms with Crippen molar-refractivity contribution in [1.82, 2.24) is 14.5 Å². The maximum absolute atomic E-state index is 12.6. The van der Waals surface area contributed by atoms with E-state index in [9.17, 15) is 9.59 Å². The zero-order chi connectivity index (χ0) is 17.4. The highest BCUT2D eigenvalue weighted by Gasteiger charge is 2.30. The number of imidazole rings is 1. The normalized spacial score (nSPS) is 24.0. The van der Waals surface area contributed by atoms with E-state index >= 15 is 0 Å². The van der Waals surface area contributed by atoms with E-state index in [1.807, 2.05) is 33.7 Å². The van der Waals surface area contributed by atoms with Gasteiger partial charge in [0.25, 0.3) is 0 Å². The molecular formula is C19H27ClN4O2. The number of nitrogens with one attached hydrogen (secondary N) is 1. The number of fused-ring (bicyclic) bond motifs is 1. The number of benzene rings is 1. The van der Waals surface area contributed by atoms with Gasteiger partial charge in [0.05, 0.1) is 11.0 Å². The van der Waals surface area contributed by atoms with Crippen molar-refractivity contribution < 1.29 is 4.79 Å². The average molecular weight is 379 g/mol. The first-order chi connectivity index (χ1) is 12.1. The van der Waals surface area contributed by atoms with Gasteiger partial charge in [0.2, 0.25) is 5.91 Å². The lowest BCUT2D eigenvalue weighted by Crippen LogP contribution is -2.42. The highest BCUT2D eigenvalue weighted by Crippen LogP contribution is 2.29. The molecular weight excluding hydrogens is 352 g/mol. The Balaban J connectivity index is 0.00000196. The van der Waals surface area contributed by atoms with Gasteiger partial charge in [-0.3, -0.25) is 9.36 Å². The molecule has 1 aliphatic heterocycles. The van der Waals surface area contributed by atoms with Gasteiger partial charge >= 0.3 is 5.69 Å². The van der Waals surface area contributed by atoms with Gasteiger partial charge in [-0.25, -0.2) is 4.79 Å². The van der Waals surface area contributed by atoms with Crippen LogP contribution in [0.2, 0.25) is 0 Å². The summed E-state index contributed by atoms with van der Waals surface area (Å²) < 4.78 is 1.87. The van der Waals surface area contributed by atoms with Crippen LogP contribution in [-0.2, 0) is 4.79 Å². The van der Waals surface area contributed by atoms with Gasteiger partial charge in [-0.2, -0.15) is 0 Å². The molecule has 1 aliphatic carbocycles. The molecule has 7 heteroatoms. The molecule has 1 saturated carbocycles. The summed E-state index contributed by atoms with van der Waals surface area (Å²) in [7, 11) is 0. The zero-order valence-electron chi connectivity index (χ0n) is 14.9. The Labute approximate surface area is 159 Å². The van der Waals surface area contributed by atoms with E-state index < -0.39 is 0 Å². The number of H-pyrrole nitrogens is 1. The van der Waals surface area contributed by atoms with Crippen molar-refractivity contribution in [3.8, 4) is 0 Å². The first-order valence-corrected chi connectivity index (χ1v) is 9.36. The first-order valence-electron chi connectivity index (χ1n) is 9.36. The van der Waals surface area contributed by atoms with Crippen LogP contribution in [0.1, 0.15) is 44.6 Å². The second-order valence-corrected chi connectivity index (χ2v) is 7.49. The van der Waals surface area contributed by atoms with Crippen molar-refractivity contribution in [3.05, 3.63) is 34.7 Å². The minimum atomic E-state index is -0.0529. The van der Waals surface area contributed by atoms with Crippen LogP contribution in [0.15, 0.2) is 29.1 Å². The molecule has 0 unspecified atom stereocenters. The topological polar surface area (TPSA) is 84.1 Å². The fourth-order valence-corrected chi connectivity index (χ4v) is 4.48. The molecule has 6 nitrogen and oxygen atoms in total. The number of hydrogen-bond acceptors (Lipinski definition) is 3. The van der Waals surface area contributed by atoms with Crippen LogP contribution in [-0.4, -0.2) is 39.5 Å². The number of piperidine rings is 1. The predicted molar refractivity (Wildman–Crippen MR) is 105 cm³/mol. The highest BCUT2D eigenvalue weighted by molar-refractivity contribution is 5.85. The lowest BCUT2D eigenvalue weighted by molar-refractivity contribution is -0.133. The third-order valence-electron chi connectivity index (χ3n) is 5.96. The molecule has 2 heterocycles. The van der Waals surface area contributed by atoms with Crippen LogP contribution < -0.4 is 11.4 Å². The van der Waals surface area contributed by atoms with E-state index in [0.717, 1.165) is 56.2 Å². The SMILES string of the molecule is Cl.N[C@@H]1CCC[C@H]1CC(=O)N1CCC(n2c(=O)[nH]c3ccccc32)CC1. The molecule has 1 saturated heterocycles. The van der Waals surface area contributed by atoms with Crippen molar-refractivity contribution >= 4 is 29.3 Å². The number of carbonyl (C=O) groups excluding carboxylic acids is 1. The number of carbonyl (C=O) groups is 1. The molecule has 3 N–H and O–H groups in total. The van der Waals surface area contributed by atoms with E-state index in [-0.39, 0.29) is 36.1 Å². The molecule has 0 bridgehead atoms. The number of halogens is 1. The predicted octanol–water partition coefficient (Wildman–Crippen LogP) is 2.43. The number of aromatic amines is 1. The standard InChI is InChI=1S/C19H26N4O2.ClH/c20-15-5-3-4-13(15)12-18(24)22-10-8-14(9-11-22)23-17-7-2-1-6-16(17)21-19(23)25;/h1-2,6-7,13-15H,3-5,8-12,20H2,(H,21,25);1H/t13-,15+;/m0./s1. The van der Waals surface area contributed by atoms with Gasteiger partial charge < -0.3 is 15.6 Å². The van der Waals surface area contributed by atoms with Crippen LogP contribution in [0.3, 0.4) is 0 Å². The zero-order valence-corrected chi connectivity index (χ0v) is 15.7. The summed E-state index contributed by atoms with van der Waals surface area (Å²) >= 11 is 0. The Hall–Kier alpha value is -1.79. The molecule has 1 aromatic carbocycles. The van der Waals surface area contributed by atoms with Crippen LogP contribution in [0.25, 0.3) is 11.0 Å². The number of rotatable bonds is 3. The molecule has 0 radical (unpaired) electrons. The van der Waals surface area contributed by atoms with Gasteiger partial charge in [0.15, 0.2) is 0 Å². The Kier molecular flexibility index (Phi) is 5.73. The minimum Gasteiger partial charge on any atom is -0.343 e. The van der Waals surface area contributed by atoms with Crippen molar-refractivity contribution in [3.63, 3.8) is 0 Å². The number of nitrogens with zero attached hydrogens (tertiary/aromatic N) is 2. The van der Waals surface area contributed by atoms with E-state index in [4.69, 9.17) is 5.73 Å². The van der Waals surface area contributed by atoms with Crippen molar-refractivity contribution in [1.29, 1.82) is 0 Å². The number of nitrogens with two attached hydrogens (primary N) is 1. The average Bonchev–Trinajstić information content (AvgIpc) is 3.17. The van der Waals surface area contributed by atoms with E-state index in [1.54, 1.807) is 0 Å². The molecule has 142 valence electrons. The van der Waals surface area contributed by atoms with Gasteiger partial charge in [0.1, 0.15) is 0 Å². The molecule has 1 amide bonds. The van der Waals surface area contributed by atoms with Crippen LogP contribution >= 0.6 is 12.4 Å². The van der Waals surface area contributed by atoms with Gasteiger partial charge in [-0.05, 0) is 43.7 Å². The quantitative estimate of drug-likeness (QED) is 0.860. The maximum Gasteiger partial charge on any atom is 0.326 e. The molecule has 2 atom stereocenters. The van der Waals surface area contributed by atoms with E-state index in [1.165, 1.54) is 0 Å². The second kappa shape index (κ2) is 7.84. The molecule has 26 heavy (non-hydrogen) atoms. The summed E-state index contributed by atoms with van der Waals surface area (Å²) in [6.45, 7) is 1.44. The molecule has 1 aromatic heterocycles. The lowest BCUT2D eigenvalue weighted by Gasteiger charge is -2.33. The number of likely N-dealkylation sites (tertiary alicyclic amines) is 1. The van der Waals surface area contributed by atoms with Gasteiger partial charge in [-0.15, -0.1) is 12.4 Å². The Morgan fingerprint density at radius 2 is 1.88 bits per heavy atom. The highest BCUT2D eigenvalue weighted by atomic mass is 35.5.